The van der Waals surface area contributed by atoms with Gasteiger partial charge >= 0.3 is 0 Å². The van der Waals surface area contributed by atoms with Gasteiger partial charge < -0.3 is 0 Å². The quantitative estimate of drug-likeness (QED) is 0.318. The second-order valence-corrected chi connectivity index (χ2v) is 12.4. The molecule has 0 bridgehead atoms. The van der Waals surface area contributed by atoms with Crippen LogP contribution < -0.4 is 0 Å². The first kappa shape index (κ1) is 24.4. The third-order valence-corrected chi connectivity index (χ3v) is 9.97. The van der Waals surface area contributed by atoms with Crippen LogP contribution in [-0.4, -0.2) is 34.2 Å². The van der Waals surface area contributed by atoms with E-state index in [1.54, 1.807) is 65.6 Å². The molecule has 38 heavy (non-hydrogen) atoms. The fraction of sp³-hybridized carbons (Fsp3) is 0.233. The zero-order valence-electron chi connectivity index (χ0n) is 20.8. The lowest BCUT2D eigenvalue weighted by Gasteiger charge is -2.43. The molecule has 1 saturated carbocycles. The Labute approximate surface area is 220 Å². The highest BCUT2D eigenvalue weighted by Gasteiger charge is 2.52. The van der Waals surface area contributed by atoms with Crippen molar-refractivity contribution >= 4 is 21.7 Å². The number of hydrogen-bond donors (Lipinski definition) is 0. The number of nitrogens with zero attached hydrogens (tertiary/aromatic N) is 3. The van der Waals surface area contributed by atoms with Crippen molar-refractivity contribution in [2.45, 2.75) is 42.8 Å². The number of fused-ring (bicyclic) bond motifs is 2. The fourth-order valence-electron chi connectivity index (χ4n) is 5.84. The average Bonchev–Trinajstić information content (AvgIpc) is 3.34. The lowest BCUT2D eigenvalue weighted by Crippen LogP contribution is -2.45. The van der Waals surface area contributed by atoms with Gasteiger partial charge in [-0.2, -0.15) is 5.10 Å². The minimum atomic E-state index is -3.66. The number of Topliss-reactive ketones (excluding diaryl/α,β-unsaturated/α-hetero) is 1. The van der Waals surface area contributed by atoms with Crippen LogP contribution in [0.5, 0.6) is 0 Å². The number of aryl methyl sites for hydroxylation is 1. The van der Waals surface area contributed by atoms with Crippen LogP contribution in [0.4, 0.5) is 4.39 Å². The number of hydrogen-bond acceptors (Lipinski definition) is 5. The smallest absolute Gasteiger partial charge is 0.191 e. The molecule has 2 heterocycles. The standard InChI is InChI=1S/C30H26FN3O3S/c1-20-5-4-6-25(15-20)38(36,37)26-13-8-22-16-28-21(19-33-34(28)24-11-9-23(31)10-12-24)17-30(22,18-26)29(35)27-7-2-3-14-32-27/h2-7,9-12,14-16,19,26H,8,13,17-18H2,1H3/t26-,30-/m0/s1. The Balaban J connectivity index is 1.45. The van der Waals surface area contributed by atoms with Gasteiger partial charge in [0, 0.05) is 6.20 Å². The molecule has 6 nitrogen and oxygen atoms in total. The van der Waals surface area contributed by atoms with Crippen molar-refractivity contribution < 1.29 is 17.6 Å². The minimum absolute atomic E-state index is 0.172. The number of allylic oxidation sites excluding steroid dienone is 1. The molecule has 0 N–H and O–H groups in total. The zero-order chi connectivity index (χ0) is 26.5. The highest BCUT2D eigenvalue weighted by Crippen LogP contribution is 2.51. The Morgan fingerprint density at radius 3 is 2.63 bits per heavy atom. The van der Waals surface area contributed by atoms with Crippen molar-refractivity contribution in [3.05, 3.63) is 113 Å². The molecule has 6 rings (SSSR count). The van der Waals surface area contributed by atoms with E-state index in [4.69, 9.17) is 0 Å². The molecule has 0 aliphatic heterocycles. The molecule has 2 atom stereocenters. The van der Waals surface area contributed by atoms with Gasteiger partial charge in [-0.25, -0.2) is 17.5 Å². The van der Waals surface area contributed by atoms with Crippen LogP contribution in [0.1, 0.15) is 46.6 Å². The SMILES string of the molecule is Cc1cccc(S(=O)(=O)[C@H]2CCC3=Cc4c(cnn4-c4ccc(F)cc4)C[C@]3(C(=O)c3ccccn3)C2)c1. The van der Waals surface area contributed by atoms with E-state index >= 15 is 0 Å². The summed E-state index contributed by atoms with van der Waals surface area (Å²) in [6, 6.07) is 18.2. The van der Waals surface area contributed by atoms with E-state index in [9.17, 15) is 17.6 Å². The Morgan fingerprint density at radius 2 is 1.89 bits per heavy atom. The van der Waals surface area contributed by atoms with Gasteiger partial charge in [0.1, 0.15) is 11.5 Å². The van der Waals surface area contributed by atoms with E-state index in [0.717, 1.165) is 22.4 Å². The molecule has 0 saturated heterocycles. The monoisotopic (exact) mass is 527 g/mol. The van der Waals surface area contributed by atoms with Crippen molar-refractivity contribution in [2.24, 2.45) is 5.41 Å². The predicted molar refractivity (Wildman–Crippen MR) is 142 cm³/mol. The number of benzene rings is 2. The lowest BCUT2D eigenvalue weighted by molar-refractivity contribution is 0.0796. The molecule has 1 fully saturated rings. The number of ketones is 1. The normalized spacial score (nSPS) is 20.8. The molecule has 2 aromatic heterocycles. The molecule has 4 aromatic rings. The summed E-state index contributed by atoms with van der Waals surface area (Å²) in [5.41, 5.74) is 3.42. The number of sulfone groups is 1. The van der Waals surface area contributed by atoms with E-state index in [-0.39, 0.29) is 22.9 Å². The topological polar surface area (TPSA) is 81.9 Å². The van der Waals surface area contributed by atoms with Gasteiger partial charge in [0.25, 0.3) is 0 Å². The van der Waals surface area contributed by atoms with E-state index in [2.05, 4.69) is 10.1 Å². The van der Waals surface area contributed by atoms with E-state index in [1.807, 2.05) is 19.1 Å². The molecule has 2 aliphatic carbocycles. The van der Waals surface area contributed by atoms with Crippen LogP contribution in [0, 0.1) is 18.2 Å². The summed E-state index contributed by atoms with van der Waals surface area (Å²) < 4.78 is 42.8. The number of carbonyl (C=O) groups is 1. The molecule has 2 aliphatic rings. The van der Waals surface area contributed by atoms with Crippen LogP contribution in [0.15, 0.2) is 89.6 Å². The van der Waals surface area contributed by atoms with Gasteiger partial charge in [-0.1, -0.05) is 23.8 Å². The largest absolute Gasteiger partial charge is 0.291 e. The summed E-state index contributed by atoms with van der Waals surface area (Å²) in [4.78, 5) is 18.8. The van der Waals surface area contributed by atoms with Crippen LogP contribution in [0.3, 0.4) is 0 Å². The first-order valence-corrected chi connectivity index (χ1v) is 14.1. The molecular formula is C30H26FN3O3S. The van der Waals surface area contributed by atoms with Crippen molar-refractivity contribution in [1.29, 1.82) is 0 Å². The number of aromatic nitrogens is 3. The lowest BCUT2D eigenvalue weighted by atomic mass is 9.61. The minimum Gasteiger partial charge on any atom is -0.291 e. The number of halogens is 1. The van der Waals surface area contributed by atoms with Gasteiger partial charge in [-0.3, -0.25) is 9.78 Å². The van der Waals surface area contributed by atoms with Gasteiger partial charge in [-0.15, -0.1) is 0 Å². The van der Waals surface area contributed by atoms with Crippen LogP contribution in [0.25, 0.3) is 11.8 Å². The Bertz CT molecular complexity index is 1680. The van der Waals surface area contributed by atoms with E-state index < -0.39 is 20.5 Å². The van der Waals surface area contributed by atoms with Gasteiger partial charge in [0.2, 0.25) is 0 Å². The summed E-state index contributed by atoms with van der Waals surface area (Å²) in [5, 5.41) is 3.84. The maximum Gasteiger partial charge on any atom is 0.191 e. The van der Waals surface area contributed by atoms with Crippen molar-refractivity contribution in [1.82, 2.24) is 14.8 Å². The molecule has 0 spiro atoms. The van der Waals surface area contributed by atoms with Gasteiger partial charge in [0.15, 0.2) is 15.6 Å². The number of carbonyl (C=O) groups excluding carboxylic acids is 1. The van der Waals surface area contributed by atoms with Crippen LogP contribution >= 0.6 is 0 Å². The third kappa shape index (κ3) is 4.00. The summed E-state index contributed by atoms with van der Waals surface area (Å²) >= 11 is 0. The highest BCUT2D eigenvalue weighted by atomic mass is 32.2. The first-order valence-electron chi connectivity index (χ1n) is 12.6. The summed E-state index contributed by atoms with van der Waals surface area (Å²) in [6.07, 6.45) is 6.65. The Kier molecular flexibility index (Phi) is 5.87. The molecule has 0 unspecified atom stereocenters. The first-order chi connectivity index (χ1) is 18.3. The molecule has 8 heteroatoms. The van der Waals surface area contributed by atoms with Gasteiger partial charge in [-0.05, 0) is 98.3 Å². The van der Waals surface area contributed by atoms with Crippen molar-refractivity contribution in [3.8, 4) is 5.69 Å². The van der Waals surface area contributed by atoms with Crippen molar-refractivity contribution in [3.63, 3.8) is 0 Å². The second-order valence-electron chi connectivity index (χ2n) is 10.1. The third-order valence-electron chi connectivity index (χ3n) is 7.78. The molecular weight excluding hydrogens is 501 g/mol. The number of pyridine rings is 1. The van der Waals surface area contributed by atoms with E-state index in [0.29, 0.717) is 30.6 Å². The Morgan fingerprint density at radius 1 is 1.08 bits per heavy atom. The number of rotatable bonds is 5. The summed E-state index contributed by atoms with van der Waals surface area (Å²) in [5.74, 6) is -0.505. The van der Waals surface area contributed by atoms with Crippen molar-refractivity contribution in [2.75, 3.05) is 0 Å². The molecule has 192 valence electrons. The van der Waals surface area contributed by atoms with Gasteiger partial charge in [0.05, 0.1) is 33.1 Å². The Hall–Kier alpha value is -3.91. The summed E-state index contributed by atoms with van der Waals surface area (Å²) in [7, 11) is -3.66. The maximum absolute atomic E-state index is 14.2. The highest BCUT2D eigenvalue weighted by molar-refractivity contribution is 7.92. The zero-order valence-corrected chi connectivity index (χ0v) is 21.7. The predicted octanol–water partition coefficient (Wildman–Crippen LogP) is 5.55. The maximum atomic E-state index is 14.2. The van der Waals surface area contributed by atoms with Crippen LogP contribution in [0.2, 0.25) is 0 Å². The fourth-order valence-corrected chi connectivity index (χ4v) is 7.78. The molecule has 2 aromatic carbocycles. The van der Waals surface area contributed by atoms with E-state index in [1.165, 1.54) is 12.1 Å². The molecule has 0 radical (unpaired) electrons. The second kappa shape index (κ2) is 9.13. The van der Waals surface area contributed by atoms with Crippen LogP contribution in [-0.2, 0) is 16.3 Å². The summed E-state index contributed by atoms with van der Waals surface area (Å²) in [6.45, 7) is 1.87. The molecule has 0 amide bonds. The average molecular weight is 528 g/mol.